The number of ether oxygens (including phenoxy) is 2. The molecule has 0 unspecified atom stereocenters. The van der Waals surface area contributed by atoms with Gasteiger partial charge in [0.05, 0.1) is 47.6 Å². The lowest BCUT2D eigenvalue weighted by Gasteiger charge is -2.12. The number of methoxy groups -OCH3 is 2. The molecular weight excluding hydrogens is 365 g/mol. The molecule has 0 spiro atoms. The molecule has 1 aromatic heterocycles. The van der Waals surface area contributed by atoms with Gasteiger partial charge < -0.3 is 19.1 Å². The number of hydrogen-bond donors (Lipinski definition) is 1. The first kappa shape index (κ1) is 17.6. The Morgan fingerprint density at radius 2 is 1.52 bits per heavy atom. The van der Waals surface area contributed by atoms with Gasteiger partial charge in [0.15, 0.2) is 5.76 Å². The van der Waals surface area contributed by atoms with Gasteiger partial charge in [-0.3, -0.25) is 0 Å². The Morgan fingerprint density at radius 1 is 0.960 bits per heavy atom. The van der Waals surface area contributed by atoms with E-state index in [4.69, 9.17) is 37.2 Å². The molecule has 3 rings (SSSR count). The van der Waals surface area contributed by atoms with Crippen molar-refractivity contribution in [3.63, 3.8) is 0 Å². The summed E-state index contributed by atoms with van der Waals surface area (Å²) in [5.41, 5.74) is 1.90. The molecule has 25 heavy (non-hydrogen) atoms. The molecule has 1 N–H and O–H groups in total. The quantitative estimate of drug-likeness (QED) is 0.687. The van der Waals surface area contributed by atoms with Crippen LogP contribution in [0.4, 0.5) is 0 Å². The number of halogens is 2. The zero-order valence-electron chi connectivity index (χ0n) is 13.5. The van der Waals surface area contributed by atoms with E-state index in [0.29, 0.717) is 49.7 Å². The summed E-state index contributed by atoms with van der Waals surface area (Å²) < 4.78 is 16.3. The van der Waals surface area contributed by atoms with Crippen LogP contribution < -0.4 is 9.47 Å². The summed E-state index contributed by atoms with van der Waals surface area (Å²) in [6, 6.07) is 10.5. The Labute approximate surface area is 154 Å². The van der Waals surface area contributed by atoms with Gasteiger partial charge in [-0.25, -0.2) is 0 Å². The fraction of sp³-hybridized carbons (Fsp3) is 0.167. The second kappa shape index (κ2) is 7.35. The number of hydrogen-bond acceptors (Lipinski definition) is 5. The molecule has 0 amide bonds. The molecule has 3 aromatic rings. The second-order valence-electron chi connectivity index (χ2n) is 5.13. The van der Waals surface area contributed by atoms with Gasteiger partial charge in [0.2, 0.25) is 0 Å². The molecule has 0 saturated heterocycles. The average molecular weight is 380 g/mol. The van der Waals surface area contributed by atoms with E-state index in [-0.39, 0.29) is 6.61 Å². The summed E-state index contributed by atoms with van der Waals surface area (Å²) in [6.07, 6.45) is 0. The molecular formula is C18H15Cl2NO4. The Morgan fingerprint density at radius 3 is 2.04 bits per heavy atom. The third kappa shape index (κ3) is 3.06. The highest BCUT2D eigenvalue weighted by atomic mass is 35.5. The lowest BCUT2D eigenvalue weighted by molar-refractivity contribution is 0.281. The molecule has 0 aliphatic carbocycles. The number of aromatic nitrogens is 1. The average Bonchev–Trinajstić information content (AvgIpc) is 3.03. The van der Waals surface area contributed by atoms with Gasteiger partial charge in [-0.2, -0.15) is 0 Å². The fourth-order valence-corrected chi connectivity index (χ4v) is 3.22. The predicted octanol–water partition coefficient (Wildman–Crippen LogP) is 4.82. The number of aliphatic hydroxyl groups excluding tert-OH is 1. The van der Waals surface area contributed by atoms with Gasteiger partial charge in [-0.05, 0) is 24.3 Å². The highest BCUT2D eigenvalue weighted by Crippen LogP contribution is 2.44. The molecule has 0 atom stereocenters. The van der Waals surface area contributed by atoms with Crippen LogP contribution in [0.1, 0.15) is 5.56 Å². The molecule has 2 aromatic carbocycles. The molecule has 0 bridgehead atoms. The molecule has 0 aliphatic rings. The highest BCUT2D eigenvalue weighted by molar-refractivity contribution is 6.39. The summed E-state index contributed by atoms with van der Waals surface area (Å²) in [7, 11) is 3.09. The topological polar surface area (TPSA) is 64.7 Å². The summed E-state index contributed by atoms with van der Waals surface area (Å²) in [4.78, 5) is 0. The third-order valence-electron chi connectivity index (χ3n) is 3.80. The Hall–Kier alpha value is -2.21. The van der Waals surface area contributed by atoms with Gasteiger partial charge in [0.1, 0.15) is 17.2 Å². The normalized spacial score (nSPS) is 10.8. The minimum Gasteiger partial charge on any atom is -0.496 e. The first-order chi connectivity index (χ1) is 12.1. The van der Waals surface area contributed by atoms with Crippen LogP contribution >= 0.6 is 23.2 Å². The first-order valence-electron chi connectivity index (χ1n) is 7.37. The van der Waals surface area contributed by atoms with Crippen molar-refractivity contribution in [2.45, 2.75) is 6.61 Å². The van der Waals surface area contributed by atoms with E-state index in [9.17, 15) is 5.11 Å². The molecule has 130 valence electrons. The molecule has 5 nitrogen and oxygen atoms in total. The smallest absolute Gasteiger partial charge is 0.176 e. The molecule has 7 heteroatoms. The van der Waals surface area contributed by atoms with E-state index in [1.807, 2.05) is 0 Å². The van der Waals surface area contributed by atoms with Crippen molar-refractivity contribution < 1.29 is 19.1 Å². The first-order valence-corrected chi connectivity index (χ1v) is 8.13. The number of nitrogens with zero attached hydrogens (tertiary/aromatic N) is 1. The number of rotatable bonds is 5. The lowest BCUT2D eigenvalue weighted by Crippen LogP contribution is -1.96. The zero-order chi connectivity index (χ0) is 18.0. The molecule has 0 aliphatic heterocycles. The van der Waals surface area contributed by atoms with Crippen LogP contribution in [0.15, 0.2) is 40.9 Å². The molecule has 1 heterocycles. The van der Waals surface area contributed by atoms with Gasteiger partial charge in [0, 0.05) is 0 Å². The van der Waals surface area contributed by atoms with E-state index in [1.165, 1.54) is 0 Å². The van der Waals surface area contributed by atoms with Crippen LogP contribution in [0.5, 0.6) is 11.5 Å². The zero-order valence-corrected chi connectivity index (χ0v) is 15.1. The van der Waals surface area contributed by atoms with Gasteiger partial charge in [-0.15, -0.1) is 0 Å². The summed E-state index contributed by atoms with van der Waals surface area (Å²) in [5.74, 6) is 1.39. The maximum atomic E-state index is 9.95. The van der Waals surface area contributed by atoms with E-state index >= 15 is 0 Å². The minimum absolute atomic E-state index is 0.307. The van der Waals surface area contributed by atoms with Crippen LogP contribution in [0.25, 0.3) is 22.6 Å². The SMILES string of the molecule is COc1cccc(OC)c1-c1noc(-c2c(Cl)cccc2Cl)c1CO. The van der Waals surface area contributed by atoms with E-state index in [1.54, 1.807) is 50.6 Å². The molecule has 0 fully saturated rings. The Bertz CT molecular complexity index is 866. The van der Waals surface area contributed by atoms with Crippen molar-refractivity contribution in [2.24, 2.45) is 0 Å². The van der Waals surface area contributed by atoms with Crippen LogP contribution in [-0.4, -0.2) is 24.5 Å². The van der Waals surface area contributed by atoms with Crippen LogP contribution in [0.2, 0.25) is 10.0 Å². The maximum absolute atomic E-state index is 9.95. The number of aliphatic hydroxyl groups is 1. The van der Waals surface area contributed by atoms with Crippen molar-refractivity contribution in [3.05, 3.63) is 52.0 Å². The van der Waals surface area contributed by atoms with Crippen molar-refractivity contribution in [1.29, 1.82) is 0 Å². The van der Waals surface area contributed by atoms with Crippen LogP contribution in [-0.2, 0) is 6.61 Å². The van der Waals surface area contributed by atoms with Gasteiger partial charge >= 0.3 is 0 Å². The molecule has 0 radical (unpaired) electrons. The van der Waals surface area contributed by atoms with Crippen LogP contribution in [0.3, 0.4) is 0 Å². The van der Waals surface area contributed by atoms with Crippen molar-refractivity contribution >= 4 is 23.2 Å². The van der Waals surface area contributed by atoms with E-state index in [2.05, 4.69) is 5.16 Å². The molecule has 0 saturated carbocycles. The summed E-state index contributed by atoms with van der Waals surface area (Å²) in [6.45, 7) is -0.322. The standard InChI is InChI=1S/C18H15Cl2NO4/c1-23-13-7-4-8-14(24-2)16(13)17-10(9-22)18(25-21-17)15-11(19)5-3-6-12(15)20/h3-8,22H,9H2,1-2H3. The monoisotopic (exact) mass is 379 g/mol. The maximum Gasteiger partial charge on any atom is 0.176 e. The Balaban J connectivity index is 2.27. The third-order valence-corrected chi connectivity index (χ3v) is 4.43. The summed E-state index contributed by atoms with van der Waals surface area (Å²) >= 11 is 12.5. The van der Waals surface area contributed by atoms with E-state index < -0.39 is 0 Å². The minimum atomic E-state index is -0.322. The van der Waals surface area contributed by atoms with Crippen molar-refractivity contribution in [2.75, 3.05) is 14.2 Å². The highest BCUT2D eigenvalue weighted by Gasteiger charge is 2.26. The Kier molecular flexibility index (Phi) is 5.18. The second-order valence-corrected chi connectivity index (χ2v) is 5.95. The lowest BCUT2D eigenvalue weighted by atomic mass is 10.0. The van der Waals surface area contributed by atoms with Crippen LogP contribution in [0, 0.1) is 0 Å². The van der Waals surface area contributed by atoms with Crippen molar-refractivity contribution in [3.8, 4) is 34.1 Å². The van der Waals surface area contributed by atoms with Gasteiger partial charge in [-0.1, -0.05) is 40.5 Å². The largest absolute Gasteiger partial charge is 0.496 e. The van der Waals surface area contributed by atoms with Crippen molar-refractivity contribution in [1.82, 2.24) is 5.16 Å². The predicted molar refractivity (Wildman–Crippen MR) is 96.4 cm³/mol. The summed E-state index contributed by atoms with van der Waals surface area (Å²) in [5, 5.41) is 14.9. The fourth-order valence-electron chi connectivity index (χ4n) is 2.65. The van der Waals surface area contributed by atoms with E-state index in [0.717, 1.165) is 0 Å². The number of benzene rings is 2. The van der Waals surface area contributed by atoms with Gasteiger partial charge in [0.25, 0.3) is 0 Å².